The first-order chi connectivity index (χ1) is 11.9. The number of rotatable bonds is 4. The van der Waals surface area contributed by atoms with Crippen molar-refractivity contribution in [2.75, 3.05) is 6.54 Å². The number of ether oxygens (including phenoxy) is 1. The minimum atomic E-state index is -1.15. The summed E-state index contributed by atoms with van der Waals surface area (Å²) in [5.41, 5.74) is 5.60. The molecule has 130 valence electrons. The van der Waals surface area contributed by atoms with Crippen LogP contribution < -0.4 is 5.73 Å². The second-order valence-corrected chi connectivity index (χ2v) is 5.96. The van der Waals surface area contributed by atoms with Gasteiger partial charge in [0, 0.05) is 10.6 Å². The standard InChI is InChI=1S/C17H13ClF2N2O3/c18-10-6-4-9(5-7-10)15(11-2-1-3-12(19)14(11)20)22-8-13(16(21)23)25-17(22)24/h1-7,13,15H,8H2,(H2,21,23)/t13?,15-/m1/s1. The number of amides is 2. The van der Waals surface area contributed by atoms with Crippen LogP contribution in [0.2, 0.25) is 5.02 Å². The largest absolute Gasteiger partial charge is 0.434 e. The Morgan fingerprint density at radius 3 is 2.52 bits per heavy atom. The number of cyclic esters (lactones) is 1. The fourth-order valence-corrected chi connectivity index (χ4v) is 2.87. The number of hydrogen-bond acceptors (Lipinski definition) is 3. The molecule has 0 bridgehead atoms. The summed E-state index contributed by atoms with van der Waals surface area (Å²) in [7, 11) is 0. The summed E-state index contributed by atoms with van der Waals surface area (Å²) in [6.45, 7) is -0.169. The molecule has 2 amide bonds. The van der Waals surface area contributed by atoms with Gasteiger partial charge >= 0.3 is 6.09 Å². The molecule has 1 fully saturated rings. The monoisotopic (exact) mass is 366 g/mol. The lowest BCUT2D eigenvalue weighted by Crippen LogP contribution is -2.35. The zero-order valence-corrected chi connectivity index (χ0v) is 13.5. The number of carbonyl (C=O) groups is 2. The molecule has 8 heteroatoms. The Morgan fingerprint density at radius 1 is 1.24 bits per heavy atom. The van der Waals surface area contributed by atoms with Crippen molar-refractivity contribution in [3.63, 3.8) is 0 Å². The summed E-state index contributed by atoms with van der Waals surface area (Å²) in [6, 6.07) is 8.98. The van der Waals surface area contributed by atoms with E-state index in [1.807, 2.05) is 0 Å². The Labute approximate surface area is 146 Å². The van der Waals surface area contributed by atoms with Crippen molar-refractivity contribution in [3.05, 3.63) is 70.2 Å². The highest BCUT2D eigenvalue weighted by Gasteiger charge is 2.41. The van der Waals surface area contributed by atoms with Crippen LogP contribution in [0.25, 0.3) is 0 Å². The lowest BCUT2D eigenvalue weighted by Gasteiger charge is -2.27. The Kier molecular flexibility index (Phi) is 4.59. The van der Waals surface area contributed by atoms with E-state index in [1.54, 1.807) is 24.3 Å². The van der Waals surface area contributed by atoms with E-state index in [0.717, 1.165) is 11.0 Å². The Hall–Kier alpha value is -2.67. The van der Waals surface area contributed by atoms with E-state index in [1.165, 1.54) is 12.1 Å². The van der Waals surface area contributed by atoms with Crippen LogP contribution in [0.5, 0.6) is 0 Å². The van der Waals surface area contributed by atoms with E-state index in [-0.39, 0.29) is 12.1 Å². The maximum Gasteiger partial charge on any atom is 0.411 e. The van der Waals surface area contributed by atoms with E-state index in [9.17, 15) is 18.4 Å². The van der Waals surface area contributed by atoms with Crippen LogP contribution in [-0.2, 0) is 9.53 Å². The van der Waals surface area contributed by atoms with E-state index < -0.39 is 35.8 Å². The number of hydrogen-bond donors (Lipinski definition) is 1. The second kappa shape index (κ2) is 6.68. The van der Waals surface area contributed by atoms with Gasteiger partial charge < -0.3 is 10.5 Å². The molecular formula is C17H13ClF2N2O3. The van der Waals surface area contributed by atoms with Gasteiger partial charge in [-0.2, -0.15) is 0 Å². The topological polar surface area (TPSA) is 72.6 Å². The molecule has 2 aromatic carbocycles. The smallest absolute Gasteiger partial charge is 0.411 e. The average Bonchev–Trinajstić information content (AvgIpc) is 2.95. The molecule has 1 aliphatic rings. The summed E-state index contributed by atoms with van der Waals surface area (Å²) in [6.07, 6.45) is -1.99. The van der Waals surface area contributed by atoms with E-state index in [0.29, 0.717) is 10.6 Å². The van der Waals surface area contributed by atoms with Gasteiger partial charge in [-0.25, -0.2) is 13.6 Å². The zero-order valence-electron chi connectivity index (χ0n) is 12.8. The molecule has 2 N–H and O–H groups in total. The number of nitrogens with zero attached hydrogens (tertiary/aromatic N) is 1. The van der Waals surface area contributed by atoms with Crippen molar-refractivity contribution < 1.29 is 23.1 Å². The molecule has 0 aromatic heterocycles. The minimum Gasteiger partial charge on any atom is -0.434 e. The van der Waals surface area contributed by atoms with Crippen LogP contribution in [0.15, 0.2) is 42.5 Å². The second-order valence-electron chi connectivity index (χ2n) is 5.52. The van der Waals surface area contributed by atoms with Crippen LogP contribution in [-0.4, -0.2) is 29.5 Å². The Morgan fingerprint density at radius 2 is 1.92 bits per heavy atom. The summed E-state index contributed by atoms with van der Waals surface area (Å²) in [5.74, 6) is -2.95. The van der Waals surface area contributed by atoms with Crippen molar-refractivity contribution in [3.8, 4) is 0 Å². The highest BCUT2D eigenvalue weighted by atomic mass is 35.5. The first-order valence-corrected chi connectivity index (χ1v) is 7.72. The fraction of sp³-hybridized carbons (Fsp3) is 0.176. The van der Waals surface area contributed by atoms with Crippen LogP contribution in [0, 0.1) is 11.6 Å². The molecule has 1 heterocycles. The third-order valence-electron chi connectivity index (χ3n) is 3.93. The highest BCUT2D eigenvalue weighted by molar-refractivity contribution is 6.30. The molecule has 1 aliphatic heterocycles. The van der Waals surface area contributed by atoms with Crippen molar-refractivity contribution in [2.45, 2.75) is 12.1 Å². The molecule has 1 saturated heterocycles. The van der Waals surface area contributed by atoms with Crippen LogP contribution in [0.1, 0.15) is 17.2 Å². The third-order valence-corrected chi connectivity index (χ3v) is 4.18. The van der Waals surface area contributed by atoms with Gasteiger partial charge in [-0.15, -0.1) is 0 Å². The molecule has 0 aliphatic carbocycles. The zero-order chi connectivity index (χ0) is 18.1. The summed E-state index contributed by atoms with van der Waals surface area (Å²) >= 11 is 5.87. The van der Waals surface area contributed by atoms with Crippen LogP contribution in [0.4, 0.5) is 13.6 Å². The first-order valence-electron chi connectivity index (χ1n) is 7.34. The number of carbonyl (C=O) groups excluding carboxylic acids is 2. The number of halogens is 3. The Bertz CT molecular complexity index is 829. The molecule has 3 rings (SSSR count). The molecule has 1 unspecified atom stereocenters. The van der Waals surface area contributed by atoms with Crippen LogP contribution in [0.3, 0.4) is 0 Å². The SMILES string of the molecule is NC(=O)C1CN([C@H](c2ccc(Cl)cc2)c2cccc(F)c2F)C(=O)O1. The van der Waals surface area contributed by atoms with Gasteiger partial charge in [-0.1, -0.05) is 35.9 Å². The maximum atomic E-state index is 14.4. The molecule has 0 spiro atoms. The summed E-state index contributed by atoms with van der Waals surface area (Å²) in [4.78, 5) is 24.7. The fourth-order valence-electron chi connectivity index (χ4n) is 2.74. The molecule has 2 atom stereocenters. The van der Waals surface area contributed by atoms with Crippen molar-refractivity contribution in [2.24, 2.45) is 5.73 Å². The minimum absolute atomic E-state index is 0.0654. The molecule has 0 radical (unpaired) electrons. The molecular weight excluding hydrogens is 354 g/mol. The van der Waals surface area contributed by atoms with Gasteiger partial charge in [0.1, 0.15) is 0 Å². The first kappa shape index (κ1) is 17.2. The lowest BCUT2D eigenvalue weighted by molar-refractivity contribution is -0.124. The maximum absolute atomic E-state index is 14.4. The molecule has 25 heavy (non-hydrogen) atoms. The van der Waals surface area contributed by atoms with Crippen molar-refractivity contribution in [1.29, 1.82) is 0 Å². The molecule has 5 nitrogen and oxygen atoms in total. The van der Waals surface area contributed by atoms with Gasteiger partial charge in [0.15, 0.2) is 17.7 Å². The van der Waals surface area contributed by atoms with Crippen molar-refractivity contribution in [1.82, 2.24) is 4.90 Å². The van der Waals surface area contributed by atoms with Gasteiger partial charge in [0.25, 0.3) is 5.91 Å². The van der Waals surface area contributed by atoms with Gasteiger partial charge in [-0.3, -0.25) is 9.69 Å². The van der Waals surface area contributed by atoms with Gasteiger partial charge in [0.2, 0.25) is 0 Å². The molecule has 2 aromatic rings. The summed E-state index contributed by atoms with van der Waals surface area (Å²) in [5, 5.41) is 0.446. The van der Waals surface area contributed by atoms with Gasteiger partial charge in [-0.05, 0) is 23.8 Å². The highest BCUT2D eigenvalue weighted by Crippen LogP contribution is 2.34. The predicted molar refractivity (Wildman–Crippen MR) is 85.8 cm³/mol. The molecule has 0 saturated carbocycles. The van der Waals surface area contributed by atoms with Gasteiger partial charge in [0.05, 0.1) is 12.6 Å². The van der Waals surface area contributed by atoms with E-state index in [4.69, 9.17) is 22.1 Å². The van der Waals surface area contributed by atoms with E-state index >= 15 is 0 Å². The number of nitrogens with two attached hydrogens (primary N) is 1. The van der Waals surface area contributed by atoms with Crippen molar-refractivity contribution >= 4 is 23.6 Å². The summed E-state index contributed by atoms with van der Waals surface area (Å²) < 4.78 is 33.0. The normalized spacial score (nSPS) is 18.1. The predicted octanol–water partition coefficient (Wildman–Crippen LogP) is 3.01. The average molecular weight is 367 g/mol. The quantitative estimate of drug-likeness (QED) is 0.904. The number of benzene rings is 2. The van der Waals surface area contributed by atoms with E-state index in [2.05, 4.69) is 0 Å². The number of primary amides is 1. The lowest BCUT2D eigenvalue weighted by atomic mass is 9.96. The Balaban J connectivity index is 2.09. The third kappa shape index (κ3) is 3.28. The van der Waals surface area contributed by atoms with Crippen LogP contribution >= 0.6 is 11.6 Å².